The van der Waals surface area contributed by atoms with E-state index in [2.05, 4.69) is 0 Å². The standard InChI is InChI=1S/C15H10F3NS/c16-8-5-11(17)14(12(18)6-8)15(19)10-7-20-13-4-2-1-3-9(10)13/h1-7,15H,19H2. The number of rotatable bonds is 2. The number of thiophene rings is 1. The largest absolute Gasteiger partial charge is 0.320 e. The normalized spacial score (nSPS) is 12.8. The molecule has 0 spiro atoms. The van der Waals surface area contributed by atoms with Crippen molar-refractivity contribution in [3.8, 4) is 0 Å². The van der Waals surface area contributed by atoms with E-state index < -0.39 is 23.5 Å². The van der Waals surface area contributed by atoms with E-state index in [9.17, 15) is 13.2 Å². The maximum atomic E-state index is 13.8. The molecule has 3 rings (SSSR count). The summed E-state index contributed by atoms with van der Waals surface area (Å²) in [6.07, 6.45) is 0. The lowest BCUT2D eigenvalue weighted by molar-refractivity contribution is 0.515. The molecule has 1 heterocycles. The molecule has 1 atom stereocenters. The Kier molecular flexibility index (Phi) is 3.23. The molecule has 1 aromatic heterocycles. The highest BCUT2D eigenvalue weighted by Crippen LogP contribution is 2.34. The van der Waals surface area contributed by atoms with Gasteiger partial charge in [-0.1, -0.05) is 18.2 Å². The van der Waals surface area contributed by atoms with Crippen LogP contribution >= 0.6 is 11.3 Å². The van der Waals surface area contributed by atoms with Gasteiger partial charge in [0.15, 0.2) is 0 Å². The van der Waals surface area contributed by atoms with E-state index >= 15 is 0 Å². The van der Waals surface area contributed by atoms with Crippen LogP contribution in [-0.4, -0.2) is 0 Å². The van der Waals surface area contributed by atoms with Crippen molar-refractivity contribution < 1.29 is 13.2 Å². The van der Waals surface area contributed by atoms with E-state index in [4.69, 9.17) is 5.73 Å². The first-order valence-electron chi connectivity index (χ1n) is 5.94. The van der Waals surface area contributed by atoms with Crippen LogP contribution in [0.2, 0.25) is 0 Å². The molecule has 2 N–H and O–H groups in total. The van der Waals surface area contributed by atoms with E-state index in [1.54, 1.807) is 5.38 Å². The summed E-state index contributed by atoms with van der Waals surface area (Å²) >= 11 is 1.45. The maximum absolute atomic E-state index is 13.8. The lowest BCUT2D eigenvalue weighted by atomic mass is 9.98. The smallest absolute Gasteiger partial charge is 0.134 e. The highest BCUT2D eigenvalue weighted by atomic mass is 32.1. The second-order valence-electron chi connectivity index (χ2n) is 4.45. The third kappa shape index (κ3) is 2.09. The van der Waals surface area contributed by atoms with Gasteiger partial charge in [0.25, 0.3) is 0 Å². The first-order valence-corrected chi connectivity index (χ1v) is 6.82. The molecular weight excluding hydrogens is 283 g/mol. The zero-order chi connectivity index (χ0) is 14.3. The van der Waals surface area contributed by atoms with Gasteiger partial charge in [-0.25, -0.2) is 13.2 Å². The first-order chi connectivity index (χ1) is 9.58. The fraction of sp³-hybridized carbons (Fsp3) is 0.0667. The highest BCUT2D eigenvalue weighted by molar-refractivity contribution is 7.17. The van der Waals surface area contributed by atoms with Crippen LogP contribution in [0.1, 0.15) is 17.2 Å². The zero-order valence-electron chi connectivity index (χ0n) is 10.2. The van der Waals surface area contributed by atoms with Gasteiger partial charge in [-0.2, -0.15) is 0 Å². The second kappa shape index (κ2) is 4.92. The van der Waals surface area contributed by atoms with Gasteiger partial charge in [-0.3, -0.25) is 0 Å². The van der Waals surface area contributed by atoms with Crippen LogP contribution in [0.25, 0.3) is 10.1 Å². The molecule has 102 valence electrons. The predicted molar refractivity (Wildman–Crippen MR) is 74.2 cm³/mol. The van der Waals surface area contributed by atoms with Crippen LogP contribution in [0.4, 0.5) is 13.2 Å². The van der Waals surface area contributed by atoms with Crippen molar-refractivity contribution in [2.45, 2.75) is 6.04 Å². The molecule has 1 nitrogen and oxygen atoms in total. The average molecular weight is 293 g/mol. The predicted octanol–water partition coefficient (Wildman–Crippen LogP) is 4.37. The Balaban J connectivity index is 2.16. The van der Waals surface area contributed by atoms with Crippen molar-refractivity contribution in [2.75, 3.05) is 0 Å². The van der Waals surface area contributed by atoms with Crippen molar-refractivity contribution in [2.24, 2.45) is 5.73 Å². The Hall–Kier alpha value is -1.85. The van der Waals surface area contributed by atoms with Gasteiger partial charge in [0.1, 0.15) is 17.5 Å². The molecule has 0 saturated carbocycles. The second-order valence-corrected chi connectivity index (χ2v) is 5.36. The van der Waals surface area contributed by atoms with Crippen molar-refractivity contribution in [3.05, 3.63) is 70.4 Å². The summed E-state index contributed by atoms with van der Waals surface area (Å²) in [6, 6.07) is 7.80. The number of halogens is 3. The lowest BCUT2D eigenvalue weighted by Gasteiger charge is -2.13. The van der Waals surface area contributed by atoms with Crippen molar-refractivity contribution in [1.82, 2.24) is 0 Å². The minimum Gasteiger partial charge on any atom is -0.320 e. The maximum Gasteiger partial charge on any atom is 0.134 e. The van der Waals surface area contributed by atoms with E-state index in [0.717, 1.165) is 10.1 Å². The number of hydrogen-bond acceptors (Lipinski definition) is 2. The third-order valence-electron chi connectivity index (χ3n) is 3.20. The van der Waals surface area contributed by atoms with E-state index in [1.807, 2.05) is 24.3 Å². The molecule has 2 aromatic carbocycles. The monoisotopic (exact) mass is 293 g/mol. The minimum absolute atomic E-state index is 0.310. The highest BCUT2D eigenvalue weighted by Gasteiger charge is 2.22. The van der Waals surface area contributed by atoms with Crippen LogP contribution in [0.3, 0.4) is 0 Å². The molecule has 0 aliphatic heterocycles. The molecule has 0 radical (unpaired) electrons. The average Bonchev–Trinajstić information content (AvgIpc) is 2.81. The quantitative estimate of drug-likeness (QED) is 0.746. The summed E-state index contributed by atoms with van der Waals surface area (Å²) in [5, 5.41) is 2.63. The van der Waals surface area contributed by atoms with Gasteiger partial charge in [-0.05, 0) is 22.4 Å². The Morgan fingerprint density at radius 3 is 2.35 bits per heavy atom. The molecular formula is C15H10F3NS. The van der Waals surface area contributed by atoms with Gasteiger partial charge in [0.2, 0.25) is 0 Å². The first kappa shape index (κ1) is 13.1. The summed E-state index contributed by atoms with van der Waals surface area (Å²) in [4.78, 5) is 0. The summed E-state index contributed by atoms with van der Waals surface area (Å²) in [5.74, 6) is -2.89. The van der Waals surface area contributed by atoms with Crippen molar-refractivity contribution in [1.29, 1.82) is 0 Å². The molecule has 3 aromatic rings. The van der Waals surface area contributed by atoms with Crippen molar-refractivity contribution in [3.63, 3.8) is 0 Å². The number of nitrogens with two attached hydrogens (primary N) is 1. The molecule has 0 aliphatic carbocycles. The van der Waals surface area contributed by atoms with Crippen molar-refractivity contribution >= 4 is 21.4 Å². The van der Waals surface area contributed by atoms with Crippen LogP contribution in [0, 0.1) is 17.5 Å². The molecule has 5 heteroatoms. The Labute approximate surface area is 117 Å². The number of fused-ring (bicyclic) bond motifs is 1. The summed E-state index contributed by atoms with van der Waals surface area (Å²) in [7, 11) is 0. The Morgan fingerprint density at radius 1 is 1.00 bits per heavy atom. The van der Waals surface area contributed by atoms with Crippen LogP contribution in [0.15, 0.2) is 41.8 Å². The van der Waals surface area contributed by atoms with Gasteiger partial charge < -0.3 is 5.73 Å². The summed E-state index contributed by atoms with van der Waals surface area (Å²) in [5.41, 5.74) is 6.31. The molecule has 0 fully saturated rings. The van der Waals surface area contributed by atoms with E-state index in [0.29, 0.717) is 17.7 Å². The third-order valence-corrected chi connectivity index (χ3v) is 4.18. The Bertz CT molecular complexity index is 759. The molecule has 1 unspecified atom stereocenters. The molecule has 0 amide bonds. The topological polar surface area (TPSA) is 26.0 Å². The van der Waals surface area contributed by atoms with Crippen LogP contribution < -0.4 is 5.73 Å². The van der Waals surface area contributed by atoms with Gasteiger partial charge in [0, 0.05) is 22.4 Å². The van der Waals surface area contributed by atoms with E-state index in [1.165, 1.54) is 11.3 Å². The fourth-order valence-corrected chi connectivity index (χ4v) is 3.24. The molecule has 0 aliphatic rings. The molecule has 0 saturated heterocycles. The zero-order valence-corrected chi connectivity index (χ0v) is 11.1. The van der Waals surface area contributed by atoms with E-state index in [-0.39, 0.29) is 5.56 Å². The minimum atomic E-state index is -0.967. The fourth-order valence-electron chi connectivity index (χ4n) is 2.25. The van der Waals surface area contributed by atoms with Crippen LogP contribution in [0.5, 0.6) is 0 Å². The SMILES string of the molecule is NC(c1c(F)cc(F)cc1F)c1csc2ccccc12. The Morgan fingerprint density at radius 2 is 1.65 bits per heavy atom. The van der Waals surface area contributed by atoms with Gasteiger partial charge in [-0.15, -0.1) is 11.3 Å². The molecule has 0 bridgehead atoms. The number of benzene rings is 2. The summed E-state index contributed by atoms with van der Waals surface area (Å²) in [6.45, 7) is 0. The lowest BCUT2D eigenvalue weighted by Crippen LogP contribution is -2.15. The summed E-state index contributed by atoms with van der Waals surface area (Å²) < 4.78 is 41.5. The van der Waals surface area contributed by atoms with Gasteiger partial charge >= 0.3 is 0 Å². The van der Waals surface area contributed by atoms with Crippen LogP contribution in [-0.2, 0) is 0 Å². The molecule has 20 heavy (non-hydrogen) atoms. The number of hydrogen-bond donors (Lipinski definition) is 1. The van der Waals surface area contributed by atoms with Gasteiger partial charge in [0.05, 0.1) is 6.04 Å².